The average Bonchev–Trinajstić information content (AvgIpc) is 1.98. The van der Waals surface area contributed by atoms with Crippen LogP contribution in [0.3, 0.4) is 0 Å². The molecule has 0 unspecified atom stereocenters. The lowest BCUT2D eigenvalue weighted by atomic mass is 10.5. The van der Waals surface area contributed by atoms with Crippen LogP contribution in [-0.2, 0) is 4.74 Å². The number of hydrogen-bond acceptors (Lipinski definition) is 3. The van der Waals surface area contributed by atoms with Crippen LogP contribution >= 0.6 is 0 Å². The fourth-order valence-corrected chi connectivity index (χ4v) is 0.265. The van der Waals surface area contributed by atoms with Gasteiger partial charge < -0.3 is 4.74 Å². The molecule has 58 valence electrons. The summed E-state index contributed by atoms with van der Waals surface area (Å²) in [4.78, 5) is 0. The Kier molecular flexibility index (Phi) is 5.66. The van der Waals surface area contributed by atoms with Gasteiger partial charge in [0.05, 0.1) is 0 Å². The highest BCUT2D eigenvalue weighted by atomic mass is 16.5. The molecule has 0 saturated heterocycles. The quantitative estimate of drug-likeness (QED) is 0.478. The lowest BCUT2D eigenvalue weighted by Crippen LogP contribution is -1.99. The van der Waals surface area contributed by atoms with Crippen LogP contribution in [-0.4, -0.2) is 13.8 Å². The molecule has 10 heavy (non-hydrogen) atoms. The number of ether oxygens (including phenoxy) is 1. The van der Waals surface area contributed by atoms with Crippen LogP contribution < -0.4 is 5.43 Å². The number of rotatable bonds is 4. The SMILES string of the molecule is C/C=C(/C)NN=NCOC. The van der Waals surface area contributed by atoms with Gasteiger partial charge in [-0.05, 0) is 13.8 Å². The summed E-state index contributed by atoms with van der Waals surface area (Å²) in [5, 5.41) is 7.24. The van der Waals surface area contributed by atoms with E-state index in [9.17, 15) is 0 Å². The van der Waals surface area contributed by atoms with Gasteiger partial charge in [0, 0.05) is 12.8 Å². The predicted molar refractivity (Wildman–Crippen MR) is 39.3 cm³/mol. The van der Waals surface area contributed by atoms with Crippen molar-refractivity contribution in [3.8, 4) is 0 Å². The molecule has 4 heteroatoms. The predicted octanol–water partition coefficient (Wildman–Crippen LogP) is 1.47. The lowest BCUT2D eigenvalue weighted by molar-refractivity contribution is 0.201. The molecule has 1 N–H and O–H groups in total. The Hall–Kier alpha value is -0.900. The number of nitrogens with zero attached hydrogens (tertiary/aromatic N) is 2. The standard InChI is InChI=1S/C6H13N3O/c1-4-6(2)8-9-7-5-10-3/h4H,5H2,1-3H3,(H,7,8)/b6-4-. The van der Waals surface area contributed by atoms with E-state index in [1.807, 2.05) is 19.9 Å². The zero-order valence-corrected chi connectivity index (χ0v) is 6.59. The highest BCUT2D eigenvalue weighted by Crippen LogP contribution is 1.83. The third-order valence-electron chi connectivity index (χ3n) is 0.917. The van der Waals surface area contributed by atoms with Crippen molar-refractivity contribution in [2.45, 2.75) is 13.8 Å². The molecule has 0 spiro atoms. The Labute approximate surface area is 61.0 Å². The molecule has 0 aliphatic carbocycles. The van der Waals surface area contributed by atoms with Crippen LogP contribution in [0.1, 0.15) is 13.8 Å². The van der Waals surface area contributed by atoms with Crippen molar-refractivity contribution in [1.82, 2.24) is 5.43 Å². The number of allylic oxidation sites excluding steroid dienone is 2. The van der Waals surface area contributed by atoms with Crippen LogP contribution in [0.25, 0.3) is 0 Å². The van der Waals surface area contributed by atoms with Crippen molar-refractivity contribution in [3.05, 3.63) is 11.8 Å². The molecule has 0 atom stereocenters. The van der Waals surface area contributed by atoms with Crippen LogP contribution in [0.5, 0.6) is 0 Å². The smallest absolute Gasteiger partial charge is 0.159 e. The van der Waals surface area contributed by atoms with Crippen LogP contribution in [0.2, 0.25) is 0 Å². The molecule has 0 radical (unpaired) electrons. The molecule has 0 aromatic rings. The largest absolute Gasteiger partial charge is 0.361 e. The van der Waals surface area contributed by atoms with Gasteiger partial charge in [-0.2, -0.15) is 0 Å². The highest BCUT2D eigenvalue weighted by molar-refractivity contribution is 4.90. The van der Waals surface area contributed by atoms with E-state index in [1.54, 1.807) is 7.11 Å². The summed E-state index contributed by atoms with van der Waals surface area (Å²) in [6.45, 7) is 4.13. The summed E-state index contributed by atoms with van der Waals surface area (Å²) in [5.41, 5.74) is 3.68. The van der Waals surface area contributed by atoms with Crippen LogP contribution in [0, 0.1) is 0 Å². The minimum atomic E-state index is 0.296. The molecule has 4 nitrogen and oxygen atoms in total. The van der Waals surface area contributed by atoms with Crippen molar-refractivity contribution in [2.24, 2.45) is 10.3 Å². The molecule has 0 rings (SSSR count). The van der Waals surface area contributed by atoms with E-state index in [0.29, 0.717) is 6.73 Å². The van der Waals surface area contributed by atoms with Crippen molar-refractivity contribution in [3.63, 3.8) is 0 Å². The third kappa shape index (κ3) is 5.24. The molecule has 0 aliphatic heterocycles. The minimum absolute atomic E-state index is 0.296. The summed E-state index contributed by atoms with van der Waals surface area (Å²) in [6.07, 6.45) is 1.91. The van der Waals surface area contributed by atoms with Crippen LogP contribution in [0.4, 0.5) is 0 Å². The molecule has 0 aromatic carbocycles. The van der Waals surface area contributed by atoms with E-state index >= 15 is 0 Å². The van der Waals surface area contributed by atoms with Gasteiger partial charge in [-0.3, -0.25) is 5.43 Å². The summed E-state index contributed by atoms with van der Waals surface area (Å²) in [5.74, 6) is 0. The first-order valence-corrected chi connectivity index (χ1v) is 3.05. The minimum Gasteiger partial charge on any atom is -0.361 e. The van der Waals surface area contributed by atoms with Crippen molar-refractivity contribution in [1.29, 1.82) is 0 Å². The second kappa shape index (κ2) is 6.22. The fourth-order valence-electron chi connectivity index (χ4n) is 0.265. The molecular weight excluding hydrogens is 130 g/mol. The van der Waals surface area contributed by atoms with E-state index in [2.05, 4.69) is 20.5 Å². The van der Waals surface area contributed by atoms with E-state index in [-0.39, 0.29) is 0 Å². The van der Waals surface area contributed by atoms with Crippen molar-refractivity contribution < 1.29 is 4.74 Å². The summed E-state index contributed by atoms with van der Waals surface area (Å²) in [7, 11) is 1.57. The topological polar surface area (TPSA) is 46.0 Å². The van der Waals surface area contributed by atoms with E-state index < -0.39 is 0 Å². The zero-order chi connectivity index (χ0) is 7.82. The van der Waals surface area contributed by atoms with E-state index in [0.717, 1.165) is 5.70 Å². The van der Waals surface area contributed by atoms with Gasteiger partial charge >= 0.3 is 0 Å². The molecule has 0 amide bonds. The van der Waals surface area contributed by atoms with Gasteiger partial charge in [-0.1, -0.05) is 11.3 Å². The molecule has 0 bridgehead atoms. The third-order valence-corrected chi connectivity index (χ3v) is 0.917. The zero-order valence-electron chi connectivity index (χ0n) is 6.59. The maximum absolute atomic E-state index is 4.64. The van der Waals surface area contributed by atoms with Gasteiger partial charge in [-0.15, -0.1) is 5.11 Å². The second-order valence-corrected chi connectivity index (χ2v) is 1.74. The first kappa shape index (κ1) is 9.10. The second-order valence-electron chi connectivity index (χ2n) is 1.74. The Morgan fingerprint density at radius 2 is 2.40 bits per heavy atom. The molecule has 0 aliphatic rings. The van der Waals surface area contributed by atoms with Crippen LogP contribution in [0.15, 0.2) is 22.1 Å². The Morgan fingerprint density at radius 3 is 2.90 bits per heavy atom. The van der Waals surface area contributed by atoms with Gasteiger partial charge in [0.2, 0.25) is 0 Å². The molecule has 0 fully saturated rings. The Morgan fingerprint density at radius 1 is 1.70 bits per heavy atom. The maximum Gasteiger partial charge on any atom is 0.159 e. The first-order valence-electron chi connectivity index (χ1n) is 3.05. The Bertz CT molecular complexity index is 131. The van der Waals surface area contributed by atoms with Crippen molar-refractivity contribution >= 4 is 0 Å². The molecule has 0 saturated carbocycles. The number of nitrogens with one attached hydrogen (secondary N) is 1. The molecule has 0 aromatic heterocycles. The summed E-state index contributed by atoms with van der Waals surface area (Å²) in [6, 6.07) is 0. The van der Waals surface area contributed by atoms with E-state index in [4.69, 9.17) is 0 Å². The highest BCUT2D eigenvalue weighted by Gasteiger charge is 1.78. The number of methoxy groups -OCH3 is 1. The molecule has 0 heterocycles. The Balaban J connectivity index is 3.34. The summed E-state index contributed by atoms with van der Waals surface area (Å²) < 4.78 is 4.64. The fraction of sp³-hybridized carbons (Fsp3) is 0.667. The van der Waals surface area contributed by atoms with Gasteiger partial charge in [0.1, 0.15) is 0 Å². The van der Waals surface area contributed by atoms with Gasteiger partial charge in [-0.25, -0.2) is 0 Å². The lowest BCUT2D eigenvalue weighted by Gasteiger charge is -1.94. The van der Waals surface area contributed by atoms with Gasteiger partial charge in [0.15, 0.2) is 6.73 Å². The maximum atomic E-state index is 4.64. The van der Waals surface area contributed by atoms with E-state index in [1.165, 1.54) is 0 Å². The van der Waals surface area contributed by atoms with Gasteiger partial charge in [0.25, 0.3) is 0 Å². The molecular formula is C6H13N3O. The number of hydrogen-bond donors (Lipinski definition) is 1. The normalized spacial score (nSPS) is 12.5. The van der Waals surface area contributed by atoms with Crippen molar-refractivity contribution in [2.75, 3.05) is 13.8 Å². The summed E-state index contributed by atoms with van der Waals surface area (Å²) >= 11 is 0. The average molecular weight is 143 g/mol. The monoisotopic (exact) mass is 143 g/mol. The first-order chi connectivity index (χ1) is 4.81.